The average molecular weight is 302 g/mol. The Morgan fingerprint density at radius 1 is 1.24 bits per heavy atom. The van der Waals surface area contributed by atoms with E-state index in [4.69, 9.17) is 11.6 Å². The van der Waals surface area contributed by atoms with E-state index in [-0.39, 0.29) is 5.82 Å². The molecule has 5 heteroatoms. The number of rotatable bonds is 3. The van der Waals surface area contributed by atoms with Gasteiger partial charge in [-0.2, -0.15) is 0 Å². The van der Waals surface area contributed by atoms with Gasteiger partial charge in [-0.05, 0) is 42.5 Å². The molecular weight excluding hydrogens is 289 g/mol. The molecule has 4 rings (SSSR count). The number of halogens is 2. The fourth-order valence-electron chi connectivity index (χ4n) is 2.56. The molecule has 1 fully saturated rings. The summed E-state index contributed by atoms with van der Waals surface area (Å²) in [5.41, 5.74) is 3.15. The van der Waals surface area contributed by atoms with Crippen molar-refractivity contribution in [3.63, 3.8) is 0 Å². The van der Waals surface area contributed by atoms with Crippen LogP contribution in [0.15, 0.2) is 36.4 Å². The first kappa shape index (κ1) is 12.8. The standard InChI is InChI=1S/C16H13ClFN3/c17-15-13(11-2-1-3-12(18)8-11)6-7-14-16(15)19-20-21(14)9-10-4-5-10/h1-3,6-8,10H,4-5,9H2. The fraction of sp³-hybridized carbons (Fsp3) is 0.250. The van der Waals surface area contributed by atoms with Crippen LogP contribution in [0.1, 0.15) is 12.8 Å². The molecule has 21 heavy (non-hydrogen) atoms. The molecule has 106 valence electrons. The summed E-state index contributed by atoms with van der Waals surface area (Å²) in [7, 11) is 0. The first-order chi connectivity index (χ1) is 10.2. The lowest BCUT2D eigenvalue weighted by Crippen LogP contribution is -2.01. The highest BCUT2D eigenvalue weighted by molar-refractivity contribution is 6.37. The summed E-state index contributed by atoms with van der Waals surface area (Å²) in [5, 5.41) is 8.92. The zero-order valence-electron chi connectivity index (χ0n) is 11.3. The van der Waals surface area contributed by atoms with Gasteiger partial charge in [0.25, 0.3) is 0 Å². The van der Waals surface area contributed by atoms with Crippen LogP contribution in [0.25, 0.3) is 22.2 Å². The predicted molar refractivity (Wildman–Crippen MR) is 80.7 cm³/mol. The second kappa shape index (κ2) is 4.81. The van der Waals surface area contributed by atoms with Crippen molar-refractivity contribution in [1.29, 1.82) is 0 Å². The van der Waals surface area contributed by atoms with Crippen LogP contribution >= 0.6 is 11.6 Å². The minimum Gasteiger partial charge on any atom is -0.244 e. The summed E-state index contributed by atoms with van der Waals surface area (Å²) in [5.74, 6) is 0.442. The minimum absolute atomic E-state index is 0.277. The average Bonchev–Trinajstić information content (AvgIpc) is 3.19. The largest absolute Gasteiger partial charge is 0.244 e. The third-order valence-electron chi connectivity index (χ3n) is 3.89. The molecule has 1 aromatic heterocycles. The third kappa shape index (κ3) is 2.29. The molecule has 3 aromatic rings. The Morgan fingerprint density at radius 3 is 2.86 bits per heavy atom. The van der Waals surface area contributed by atoms with E-state index >= 15 is 0 Å². The quantitative estimate of drug-likeness (QED) is 0.722. The maximum absolute atomic E-state index is 13.4. The molecule has 0 N–H and O–H groups in total. The first-order valence-corrected chi connectivity index (χ1v) is 7.38. The summed E-state index contributed by atoms with van der Waals surface area (Å²) in [4.78, 5) is 0. The number of hydrogen-bond donors (Lipinski definition) is 0. The van der Waals surface area contributed by atoms with Crippen molar-refractivity contribution in [2.24, 2.45) is 5.92 Å². The molecule has 1 aliphatic rings. The fourth-order valence-corrected chi connectivity index (χ4v) is 2.87. The van der Waals surface area contributed by atoms with E-state index in [1.54, 1.807) is 6.07 Å². The van der Waals surface area contributed by atoms with Crippen molar-refractivity contribution in [3.05, 3.63) is 47.2 Å². The van der Waals surface area contributed by atoms with Gasteiger partial charge < -0.3 is 0 Å². The molecule has 0 unspecified atom stereocenters. The zero-order valence-corrected chi connectivity index (χ0v) is 12.0. The maximum atomic E-state index is 13.4. The van der Waals surface area contributed by atoms with Crippen LogP contribution in [0.4, 0.5) is 4.39 Å². The number of fused-ring (bicyclic) bond motifs is 1. The van der Waals surface area contributed by atoms with E-state index in [2.05, 4.69) is 10.3 Å². The van der Waals surface area contributed by atoms with Gasteiger partial charge in [0, 0.05) is 12.1 Å². The van der Waals surface area contributed by atoms with Crippen LogP contribution in [0.5, 0.6) is 0 Å². The van der Waals surface area contributed by atoms with Crippen LogP contribution in [-0.4, -0.2) is 15.0 Å². The van der Waals surface area contributed by atoms with Crippen LogP contribution in [-0.2, 0) is 6.54 Å². The van der Waals surface area contributed by atoms with Gasteiger partial charge in [-0.3, -0.25) is 0 Å². The molecule has 3 nitrogen and oxygen atoms in total. The lowest BCUT2D eigenvalue weighted by molar-refractivity contribution is 0.559. The molecule has 2 aromatic carbocycles. The highest BCUT2D eigenvalue weighted by atomic mass is 35.5. The second-order valence-electron chi connectivity index (χ2n) is 5.52. The molecule has 0 atom stereocenters. The summed E-state index contributed by atoms with van der Waals surface area (Å²) < 4.78 is 15.3. The third-order valence-corrected chi connectivity index (χ3v) is 4.27. The van der Waals surface area contributed by atoms with Crippen LogP contribution < -0.4 is 0 Å². The Hall–Kier alpha value is -1.94. The Morgan fingerprint density at radius 2 is 2.10 bits per heavy atom. The highest BCUT2D eigenvalue weighted by Crippen LogP contribution is 2.35. The molecule has 1 aliphatic carbocycles. The van der Waals surface area contributed by atoms with Gasteiger partial charge in [0.15, 0.2) is 0 Å². The Labute approximate surface area is 126 Å². The van der Waals surface area contributed by atoms with E-state index in [0.717, 1.165) is 29.1 Å². The van der Waals surface area contributed by atoms with Gasteiger partial charge >= 0.3 is 0 Å². The van der Waals surface area contributed by atoms with Gasteiger partial charge in [-0.15, -0.1) is 5.10 Å². The molecule has 0 saturated heterocycles. The van der Waals surface area contributed by atoms with Crippen LogP contribution in [0.2, 0.25) is 5.02 Å². The van der Waals surface area contributed by atoms with E-state index in [9.17, 15) is 4.39 Å². The smallest absolute Gasteiger partial charge is 0.132 e. The van der Waals surface area contributed by atoms with Crippen molar-refractivity contribution in [1.82, 2.24) is 15.0 Å². The predicted octanol–water partition coefficient (Wildman–Crippen LogP) is 4.30. The van der Waals surface area contributed by atoms with Crippen molar-refractivity contribution in [2.45, 2.75) is 19.4 Å². The molecule has 0 radical (unpaired) electrons. The lowest BCUT2D eigenvalue weighted by Gasteiger charge is -2.06. The van der Waals surface area contributed by atoms with Gasteiger partial charge in [0.05, 0.1) is 10.5 Å². The highest BCUT2D eigenvalue weighted by Gasteiger charge is 2.23. The van der Waals surface area contributed by atoms with Gasteiger partial charge in [0.1, 0.15) is 11.3 Å². The number of hydrogen-bond acceptors (Lipinski definition) is 2. The van der Waals surface area contributed by atoms with E-state index in [1.165, 1.54) is 25.0 Å². The molecule has 0 amide bonds. The lowest BCUT2D eigenvalue weighted by atomic mass is 10.0. The number of benzene rings is 2. The minimum atomic E-state index is -0.277. The zero-order chi connectivity index (χ0) is 14.4. The van der Waals surface area contributed by atoms with Crippen molar-refractivity contribution in [3.8, 4) is 11.1 Å². The Kier molecular flexibility index (Phi) is 2.93. The summed E-state index contributed by atoms with van der Waals surface area (Å²) in [6.07, 6.45) is 2.52. The molecular formula is C16H13ClFN3. The van der Waals surface area contributed by atoms with Gasteiger partial charge in [-0.25, -0.2) is 9.07 Å². The maximum Gasteiger partial charge on any atom is 0.132 e. The molecule has 1 heterocycles. The van der Waals surface area contributed by atoms with Gasteiger partial charge in [-0.1, -0.05) is 35.0 Å². The first-order valence-electron chi connectivity index (χ1n) is 7.00. The summed E-state index contributed by atoms with van der Waals surface area (Å²) >= 11 is 6.46. The van der Waals surface area contributed by atoms with E-state index in [1.807, 2.05) is 22.9 Å². The summed E-state index contributed by atoms with van der Waals surface area (Å²) in [6.45, 7) is 0.895. The van der Waals surface area contributed by atoms with E-state index in [0.29, 0.717) is 10.5 Å². The van der Waals surface area contributed by atoms with Gasteiger partial charge in [0.2, 0.25) is 0 Å². The van der Waals surface area contributed by atoms with Crippen LogP contribution in [0.3, 0.4) is 0 Å². The normalized spacial score (nSPS) is 14.8. The SMILES string of the molecule is Fc1cccc(-c2ccc3c(nnn3CC3CC3)c2Cl)c1. The van der Waals surface area contributed by atoms with Crippen LogP contribution in [0, 0.1) is 11.7 Å². The molecule has 1 saturated carbocycles. The van der Waals surface area contributed by atoms with Crippen molar-refractivity contribution in [2.75, 3.05) is 0 Å². The number of nitrogens with zero attached hydrogens (tertiary/aromatic N) is 3. The second-order valence-corrected chi connectivity index (χ2v) is 5.90. The molecule has 0 bridgehead atoms. The topological polar surface area (TPSA) is 30.7 Å². The molecule has 0 aliphatic heterocycles. The molecule has 0 spiro atoms. The Balaban J connectivity index is 1.82. The Bertz CT molecular complexity index is 824. The monoisotopic (exact) mass is 301 g/mol. The number of aromatic nitrogens is 3. The van der Waals surface area contributed by atoms with E-state index < -0.39 is 0 Å². The van der Waals surface area contributed by atoms with Crippen molar-refractivity contribution < 1.29 is 4.39 Å². The van der Waals surface area contributed by atoms with Crippen molar-refractivity contribution >= 4 is 22.6 Å². The summed E-state index contributed by atoms with van der Waals surface area (Å²) in [6, 6.07) is 10.3.